The number of likely N-dealkylation sites (N-methyl/N-ethyl adjacent to an activating group) is 1. The zero-order valence-corrected chi connectivity index (χ0v) is 14.1. The highest BCUT2D eigenvalue weighted by Gasteiger charge is 2.39. The lowest BCUT2D eigenvalue weighted by molar-refractivity contribution is -0.132. The van der Waals surface area contributed by atoms with Gasteiger partial charge in [0.2, 0.25) is 11.8 Å². The van der Waals surface area contributed by atoms with E-state index < -0.39 is 0 Å². The maximum Gasteiger partial charge on any atom is 0.246 e. The first kappa shape index (κ1) is 17.2. The Labute approximate surface area is 137 Å². The number of amides is 1. The summed E-state index contributed by atoms with van der Waals surface area (Å²) in [7, 11) is 1.81. The summed E-state index contributed by atoms with van der Waals surface area (Å²) in [5, 5.41) is 7.38. The second kappa shape index (κ2) is 7.42. The van der Waals surface area contributed by atoms with E-state index in [4.69, 9.17) is 4.52 Å². The van der Waals surface area contributed by atoms with E-state index >= 15 is 0 Å². The molecule has 3 atom stereocenters. The van der Waals surface area contributed by atoms with Crippen LogP contribution in [0.25, 0.3) is 0 Å². The molecule has 3 rings (SSSR count). The predicted molar refractivity (Wildman–Crippen MR) is 84.7 cm³/mol. The van der Waals surface area contributed by atoms with Crippen LogP contribution >= 0.6 is 12.4 Å². The molecule has 0 aromatic carbocycles. The lowest BCUT2D eigenvalue weighted by Gasteiger charge is -2.24. The first-order valence-corrected chi connectivity index (χ1v) is 8.00. The molecule has 1 saturated carbocycles. The van der Waals surface area contributed by atoms with Crippen molar-refractivity contribution in [3.8, 4) is 0 Å². The van der Waals surface area contributed by atoms with Crippen molar-refractivity contribution in [3.05, 3.63) is 11.7 Å². The molecule has 2 fully saturated rings. The average Bonchev–Trinajstić information content (AvgIpc) is 3.12. The molecule has 0 spiro atoms. The number of fused-ring (bicyclic) bond motifs is 1. The van der Waals surface area contributed by atoms with Crippen molar-refractivity contribution in [2.75, 3.05) is 7.05 Å². The maximum absolute atomic E-state index is 12.5. The molecule has 1 aliphatic carbocycles. The molecule has 3 unspecified atom stereocenters. The molecule has 0 bridgehead atoms. The molecular formula is C15H25ClN4O2. The van der Waals surface area contributed by atoms with Gasteiger partial charge in [-0.05, 0) is 25.2 Å². The Hall–Kier alpha value is -1.14. The van der Waals surface area contributed by atoms with Crippen molar-refractivity contribution >= 4 is 18.3 Å². The third-order valence-corrected chi connectivity index (χ3v) is 4.74. The summed E-state index contributed by atoms with van der Waals surface area (Å²) >= 11 is 0. The van der Waals surface area contributed by atoms with Gasteiger partial charge in [0.15, 0.2) is 5.82 Å². The van der Waals surface area contributed by atoms with Gasteiger partial charge in [-0.2, -0.15) is 4.98 Å². The van der Waals surface area contributed by atoms with Crippen molar-refractivity contribution in [1.82, 2.24) is 20.4 Å². The topological polar surface area (TPSA) is 71.3 Å². The van der Waals surface area contributed by atoms with Crippen LogP contribution in [0.15, 0.2) is 4.52 Å². The van der Waals surface area contributed by atoms with E-state index in [1.807, 2.05) is 14.0 Å². The number of nitrogens with one attached hydrogen (secondary N) is 1. The quantitative estimate of drug-likeness (QED) is 0.914. The first-order valence-electron chi connectivity index (χ1n) is 8.00. The van der Waals surface area contributed by atoms with Gasteiger partial charge in [0.05, 0.1) is 12.6 Å². The fourth-order valence-electron chi connectivity index (χ4n) is 3.56. The standard InChI is InChI=1S/C15H24N4O2.ClH/c1-3-13-17-14(21-18-13)9-19(2)15(20)12-8-10-6-4-5-7-11(10)16-12;/h10-12,16H,3-9H2,1-2H3;1H. The summed E-state index contributed by atoms with van der Waals surface area (Å²) in [6, 6.07) is 0.493. The zero-order chi connectivity index (χ0) is 14.8. The fraction of sp³-hybridized carbons (Fsp3) is 0.800. The molecule has 0 radical (unpaired) electrons. The van der Waals surface area contributed by atoms with Crippen molar-refractivity contribution in [2.45, 2.75) is 64.1 Å². The van der Waals surface area contributed by atoms with Gasteiger partial charge in [-0.3, -0.25) is 4.79 Å². The Bertz CT molecular complexity index is 493. The second-order valence-electron chi connectivity index (χ2n) is 6.26. The molecule has 1 N–H and O–H groups in total. The molecule has 6 nitrogen and oxygen atoms in total. The van der Waals surface area contributed by atoms with Gasteiger partial charge < -0.3 is 14.7 Å². The molecule has 2 heterocycles. The molecule has 22 heavy (non-hydrogen) atoms. The monoisotopic (exact) mass is 328 g/mol. The maximum atomic E-state index is 12.5. The smallest absolute Gasteiger partial charge is 0.246 e. The molecule has 1 aromatic rings. The van der Waals surface area contributed by atoms with Crippen LogP contribution in [-0.2, 0) is 17.8 Å². The first-order chi connectivity index (χ1) is 10.2. The van der Waals surface area contributed by atoms with Gasteiger partial charge in [0.1, 0.15) is 0 Å². The van der Waals surface area contributed by atoms with E-state index in [0.29, 0.717) is 30.2 Å². The van der Waals surface area contributed by atoms with Crippen LogP contribution in [0.2, 0.25) is 0 Å². The van der Waals surface area contributed by atoms with Crippen molar-refractivity contribution in [2.24, 2.45) is 5.92 Å². The van der Waals surface area contributed by atoms with Gasteiger partial charge in [-0.1, -0.05) is 24.9 Å². The molecule has 1 amide bonds. The molecule has 7 heteroatoms. The van der Waals surface area contributed by atoms with Crippen LogP contribution in [0.4, 0.5) is 0 Å². The van der Waals surface area contributed by atoms with Crippen molar-refractivity contribution in [1.29, 1.82) is 0 Å². The zero-order valence-electron chi connectivity index (χ0n) is 13.2. The number of carbonyl (C=O) groups excluding carboxylic acids is 1. The lowest BCUT2D eigenvalue weighted by Crippen LogP contribution is -2.43. The average molecular weight is 329 g/mol. The summed E-state index contributed by atoms with van der Waals surface area (Å²) in [6.45, 7) is 2.37. The van der Waals surface area contributed by atoms with Crippen LogP contribution in [0.5, 0.6) is 0 Å². The minimum absolute atomic E-state index is 0. The number of rotatable bonds is 4. The van der Waals surface area contributed by atoms with E-state index in [2.05, 4.69) is 15.5 Å². The third kappa shape index (κ3) is 3.60. The molecule has 124 valence electrons. The number of nitrogens with zero attached hydrogens (tertiary/aromatic N) is 3. The molecule has 1 aliphatic heterocycles. The van der Waals surface area contributed by atoms with E-state index in [0.717, 1.165) is 12.8 Å². The van der Waals surface area contributed by atoms with Crippen LogP contribution in [0.3, 0.4) is 0 Å². The Morgan fingerprint density at radius 1 is 1.41 bits per heavy atom. The summed E-state index contributed by atoms with van der Waals surface area (Å²) < 4.78 is 5.16. The van der Waals surface area contributed by atoms with E-state index in [9.17, 15) is 4.79 Å². The molecule has 1 saturated heterocycles. The van der Waals surface area contributed by atoms with E-state index in [-0.39, 0.29) is 24.4 Å². The highest BCUT2D eigenvalue weighted by molar-refractivity contribution is 5.85. The molecule has 2 aliphatic rings. The second-order valence-corrected chi connectivity index (χ2v) is 6.26. The van der Waals surface area contributed by atoms with Gasteiger partial charge >= 0.3 is 0 Å². The van der Waals surface area contributed by atoms with Gasteiger partial charge in [-0.15, -0.1) is 12.4 Å². The van der Waals surface area contributed by atoms with Crippen molar-refractivity contribution in [3.63, 3.8) is 0 Å². The number of halogens is 1. The Balaban J connectivity index is 0.00000176. The minimum Gasteiger partial charge on any atom is -0.337 e. The van der Waals surface area contributed by atoms with Crippen LogP contribution in [-0.4, -0.2) is 40.1 Å². The number of hydrogen-bond donors (Lipinski definition) is 1. The van der Waals surface area contributed by atoms with E-state index in [1.165, 1.54) is 25.7 Å². The normalized spacial score (nSPS) is 27.1. The van der Waals surface area contributed by atoms with Crippen LogP contribution in [0, 0.1) is 5.92 Å². The highest BCUT2D eigenvalue weighted by atomic mass is 35.5. The Morgan fingerprint density at radius 2 is 2.18 bits per heavy atom. The van der Waals surface area contributed by atoms with Gasteiger partial charge in [-0.25, -0.2) is 0 Å². The van der Waals surface area contributed by atoms with Crippen LogP contribution in [0.1, 0.15) is 50.7 Å². The SMILES string of the molecule is CCc1noc(CN(C)C(=O)C2CC3CCCCC3N2)n1.Cl. The van der Waals surface area contributed by atoms with Crippen molar-refractivity contribution < 1.29 is 9.32 Å². The number of aromatic nitrogens is 2. The Kier molecular flexibility index (Phi) is 5.81. The van der Waals surface area contributed by atoms with E-state index in [1.54, 1.807) is 4.90 Å². The molecular weight excluding hydrogens is 304 g/mol. The fourth-order valence-corrected chi connectivity index (χ4v) is 3.56. The van der Waals surface area contributed by atoms with Gasteiger partial charge in [0.25, 0.3) is 0 Å². The number of hydrogen-bond acceptors (Lipinski definition) is 5. The summed E-state index contributed by atoms with van der Waals surface area (Å²) in [5.74, 6) is 2.02. The minimum atomic E-state index is -0.0448. The summed E-state index contributed by atoms with van der Waals surface area (Å²) in [6.07, 6.45) is 6.77. The molecule has 1 aromatic heterocycles. The predicted octanol–water partition coefficient (Wildman–Crippen LogP) is 1.93. The van der Waals surface area contributed by atoms with Crippen LogP contribution < -0.4 is 5.32 Å². The highest BCUT2D eigenvalue weighted by Crippen LogP contribution is 2.33. The summed E-state index contributed by atoms with van der Waals surface area (Å²) in [5.41, 5.74) is 0. The third-order valence-electron chi connectivity index (χ3n) is 4.74. The lowest BCUT2D eigenvalue weighted by atomic mass is 9.85. The largest absolute Gasteiger partial charge is 0.337 e. The summed E-state index contributed by atoms with van der Waals surface area (Å²) in [4.78, 5) is 18.5. The van der Waals surface area contributed by atoms with Gasteiger partial charge in [0, 0.05) is 19.5 Å². The Morgan fingerprint density at radius 3 is 2.86 bits per heavy atom. The number of aryl methyl sites for hydroxylation is 1. The number of carbonyl (C=O) groups is 1.